The summed E-state index contributed by atoms with van der Waals surface area (Å²) in [4.78, 5) is 19.8. The number of rotatable bonds is 6. The molecule has 9 rings (SSSR count). The quantitative estimate of drug-likeness (QED) is 0.174. The number of fused-ring (bicyclic) bond motifs is 3. The second-order valence-corrected chi connectivity index (χ2v) is 15.2. The van der Waals surface area contributed by atoms with Crippen LogP contribution in [-0.2, 0) is 10.8 Å². The number of pyridine rings is 1. The highest BCUT2D eigenvalue weighted by atomic mass is 15.0. The Morgan fingerprint density at radius 2 is 0.759 bits per heavy atom. The summed E-state index contributed by atoms with van der Waals surface area (Å²) in [6, 6.07) is 57.5. The molecule has 4 heteroatoms. The SMILES string of the molecule is CC1(C)c2ccccc2-c2ccc(-c3ccc(-c4nc(-c5ccc(-c6ccccc6)cc5)nc(-c5ccc(-c6ccccc6)nc5)n4)cc3)cc2C1(C)C. The molecule has 0 N–H and O–H groups in total. The molecule has 0 radical (unpaired) electrons. The van der Waals surface area contributed by atoms with Crippen LogP contribution in [0.5, 0.6) is 0 Å². The van der Waals surface area contributed by atoms with E-state index in [0.29, 0.717) is 17.5 Å². The van der Waals surface area contributed by atoms with Gasteiger partial charge in [-0.05, 0) is 73.5 Å². The molecule has 0 spiro atoms. The smallest absolute Gasteiger partial charge is 0.165 e. The highest BCUT2D eigenvalue weighted by molar-refractivity contribution is 5.81. The number of hydrogen-bond acceptors (Lipinski definition) is 4. The van der Waals surface area contributed by atoms with E-state index in [2.05, 4.69) is 155 Å². The summed E-state index contributed by atoms with van der Waals surface area (Å²) in [6.45, 7) is 9.51. The zero-order valence-electron chi connectivity index (χ0n) is 31.0. The van der Waals surface area contributed by atoms with Crippen LogP contribution in [0.1, 0.15) is 38.8 Å². The van der Waals surface area contributed by atoms with Crippen molar-refractivity contribution in [2.45, 2.75) is 38.5 Å². The predicted molar refractivity (Wildman–Crippen MR) is 222 cm³/mol. The molecule has 6 aromatic carbocycles. The molecule has 2 aromatic heterocycles. The summed E-state index contributed by atoms with van der Waals surface area (Å²) in [7, 11) is 0. The molecule has 0 amide bonds. The molecule has 0 fully saturated rings. The fourth-order valence-electron chi connectivity index (χ4n) is 7.74. The average Bonchev–Trinajstić information content (AvgIpc) is 3.23. The minimum atomic E-state index is -0.0578. The summed E-state index contributed by atoms with van der Waals surface area (Å²) in [5.74, 6) is 1.81. The molecule has 1 aliphatic rings. The average molecular weight is 697 g/mol. The van der Waals surface area contributed by atoms with E-state index in [4.69, 9.17) is 19.9 Å². The van der Waals surface area contributed by atoms with Gasteiger partial charge in [0.25, 0.3) is 0 Å². The maximum Gasteiger partial charge on any atom is 0.165 e. The largest absolute Gasteiger partial charge is 0.255 e. The number of benzene rings is 6. The van der Waals surface area contributed by atoms with E-state index in [-0.39, 0.29) is 10.8 Å². The highest BCUT2D eigenvalue weighted by Crippen LogP contribution is 2.54. The van der Waals surface area contributed by atoms with Gasteiger partial charge in [-0.1, -0.05) is 173 Å². The Balaban J connectivity index is 1.09. The Hall–Kier alpha value is -6.52. The van der Waals surface area contributed by atoms with E-state index in [1.807, 2.05) is 42.6 Å². The van der Waals surface area contributed by atoms with Gasteiger partial charge < -0.3 is 0 Å². The third-order valence-electron chi connectivity index (χ3n) is 11.6. The van der Waals surface area contributed by atoms with Gasteiger partial charge in [-0.15, -0.1) is 0 Å². The van der Waals surface area contributed by atoms with Crippen molar-refractivity contribution in [3.8, 4) is 78.8 Å². The summed E-state index contributed by atoms with van der Waals surface area (Å²) in [5.41, 5.74) is 14.7. The Morgan fingerprint density at radius 1 is 0.333 bits per heavy atom. The first-order valence-corrected chi connectivity index (χ1v) is 18.6. The molecule has 54 heavy (non-hydrogen) atoms. The van der Waals surface area contributed by atoms with Crippen LogP contribution in [0, 0.1) is 0 Å². The van der Waals surface area contributed by atoms with Gasteiger partial charge in [0.15, 0.2) is 17.5 Å². The van der Waals surface area contributed by atoms with Gasteiger partial charge in [0.2, 0.25) is 0 Å². The molecular formula is C50H40N4. The molecule has 0 saturated carbocycles. The fraction of sp³-hybridized carbons (Fsp3) is 0.120. The molecule has 1 aliphatic carbocycles. The second-order valence-electron chi connectivity index (χ2n) is 15.2. The second kappa shape index (κ2) is 13.2. The van der Waals surface area contributed by atoms with Gasteiger partial charge in [-0.25, -0.2) is 15.0 Å². The van der Waals surface area contributed by atoms with Crippen LogP contribution in [0.4, 0.5) is 0 Å². The van der Waals surface area contributed by atoms with Crippen molar-refractivity contribution in [1.82, 2.24) is 19.9 Å². The van der Waals surface area contributed by atoms with Crippen LogP contribution in [-0.4, -0.2) is 19.9 Å². The Labute approximate surface area is 317 Å². The lowest BCUT2D eigenvalue weighted by molar-refractivity contribution is 0.299. The predicted octanol–water partition coefficient (Wildman–Crippen LogP) is 12.5. The molecule has 8 aromatic rings. The Bertz CT molecular complexity index is 2510. The molecule has 2 heterocycles. The van der Waals surface area contributed by atoms with Gasteiger partial charge in [-0.3, -0.25) is 4.98 Å². The third kappa shape index (κ3) is 5.81. The van der Waals surface area contributed by atoms with Crippen LogP contribution in [0.25, 0.3) is 78.8 Å². The van der Waals surface area contributed by atoms with Crippen molar-refractivity contribution in [3.05, 3.63) is 181 Å². The van der Waals surface area contributed by atoms with Crippen molar-refractivity contribution >= 4 is 0 Å². The molecule has 260 valence electrons. The minimum absolute atomic E-state index is 0.0214. The van der Waals surface area contributed by atoms with Gasteiger partial charge in [0, 0.05) is 28.5 Å². The van der Waals surface area contributed by atoms with E-state index >= 15 is 0 Å². The van der Waals surface area contributed by atoms with Crippen LogP contribution >= 0.6 is 0 Å². The van der Waals surface area contributed by atoms with E-state index in [1.165, 1.54) is 33.4 Å². The first-order chi connectivity index (χ1) is 26.3. The van der Waals surface area contributed by atoms with Crippen molar-refractivity contribution in [2.24, 2.45) is 0 Å². The highest BCUT2D eigenvalue weighted by Gasteiger charge is 2.45. The van der Waals surface area contributed by atoms with Crippen LogP contribution < -0.4 is 0 Å². The van der Waals surface area contributed by atoms with Crippen molar-refractivity contribution in [3.63, 3.8) is 0 Å². The van der Waals surface area contributed by atoms with E-state index < -0.39 is 0 Å². The Morgan fingerprint density at radius 3 is 1.35 bits per heavy atom. The Kier molecular flexibility index (Phi) is 8.12. The molecule has 0 aliphatic heterocycles. The monoisotopic (exact) mass is 696 g/mol. The first kappa shape index (κ1) is 33.3. The lowest BCUT2D eigenvalue weighted by Crippen LogP contribution is -2.43. The molecule has 0 bridgehead atoms. The van der Waals surface area contributed by atoms with E-state index in [1.54, 1.807) is 0 Å². The standard InChI is InChI=1S/C50H40N4/c1-49(2)43-18-12-11-17-41(43)42-29-27-39(31-44(42)50(49,3)4)35-21-25-38(26-22-35)47-52-46(37-23-19-34(20-24-37)33-13-7-5-8-14-33)53-48(54-47)40-28-30-45(51-32-40)36-15-9-6-10-16-36/h5-32H,1-4H3. The van der Waals surface area contributed by atoms with Crippen LogP contribution in [0.15, 0.2) is 170 Å². The van der Waals surface area contributed by atoms with Crippen LogP contribution in [0.3, 0.4) is 0 Å². The van der Waals surface area contributed by atoms with E-state index in [9.17, 15) is 0 Å². The third-order valence-corrected chi connectivity index (χ3v) is 11.6. The minimum Gasteiger partial charge on any atom is -0.255 e. The topological polar surface area (TPSA) is 51.6 Å². The maximum absolute atomic E-state index is 5.04. The fourth-order valence-corrected chi connectivity index (χ4v) is 7.74. The zero-order valence-corrected chi connectivity index (χ0v) is 31.0. The van der Waals surface area contributed by atoms with E-state index in [0.717, 1.165) is 39.1 Å². The molecular weight excluding hydrogens is 657 g/mol. The molecule has 0 unspecified atom stereocenters. The molecule has 4 nitrogen and oxygen atoms in total. The normalized spacial score (nSPS) is 13.9. The van der Waals surface area contributed by atoms with Crippen molar-refractivity contribution in [1.29, 1.82) is 0 Å². The summed E-state index contributed by atoms with van der Waals surface area (Å²) in [6.07, 6.45) is 1.85. The first-order valence-electron chi connectivity index (χ1n) is 18.6. The van der Waals surface area contributed by atoms with Crippen molar-refractivity contribution in [2.75, 3.05) is 0 Å². The molecule has 0 atom stereocenters. The summed E-state index contributed by atoms with van der Waals surface area (Å²) in [5, 5.41) is 0. The number of nitrogens with zero attached hydrogens (tertiary/aromatic N) is 4. The maximum atomic E-state index is 5.04. The van der Waals surface area contributed by atoms with Gasteiger partial charge in [-0.2, -0.15) is 0 Å². The lowest BCUT2D eigenvalue weighted by atomic mass is 9.55. The lowest BCUT2D eigenvalue weighted by Gasteiger charge is -2.48. The van der Waals surface area contributed by atoms with Crippen LogP contribution in [0.2, 0.25) is 0 Å². The van der Waals surface area contributed by atoms with Gasteiger partial charge >= 0.3 is 0 Å². The van der Waals surface area contributed by atoms with Crippen molar-refractivity contribution < 1.29 is 0 Å². The zero-order chi connectivity index (χ0) is 36.9. The summed E-state index contributed by atoms with van der Waals surface area (Å²) >= 11 is 0. The van der Waals surface area contributed by atoms with Gasteiger partial charge in [0.1, 0.15) is 0 Å². The molecule has 0 saturated heterocycles. The number of hydrogen-bond donors (Lipinski definition) is 0. The summed E-state index contributed by atoms with van der Waals surface area (Å²) < 4.78 is 0. The number of aromatic nitrogens is 4. The van der Waals surface area contributed by atoms with Gasteiger partial charge in [0.05, 0.1) is 5.69 Å².